The predicted octanol–water partition coefficient (Wildman–Crippen LogP) is 5.02. The lowest BCUT2D eigenvalue weighted by Gasteiger charge is -2.48. The molecule has 0 fully saturated rings. The van der Waals surface area contributed by atoms with Crippen LogP contribution in [0.5, 0.6) is 0 Å². The van der Waals surface area contributed by atoms with Crippen LogP contribution in [0.4, 0.5) is 26.3 Å². The Bertz CT molecular complexity index is 1480. The fourth-order valence-electron chi connectivity index (χ4n) is 4.97. The van der Waals surface area contributed by atoms with Crippen molar-refractivity contribution in [3.8, 4) is 0 Å². The molecule has 2 aliphatic rings. The minimum Gasteiger partial charge on any atom is -0.372 e. The first-order chi connectivity index (χ1) is 18.4. The van der Waals surface area contributed by atoms with Crippen LogP contribution in [0, 0.1) is 0 Å². The Kier molecular flexibility index (Phi) is 9.04. The van der Waals surface area contributed by atoms with Gasteiger partial charge in [0, 0.05) is 24.3 Å². The highest BCUT2D eigenvalue weighted by molar-refractivity contribution is 7.90. The smallest absolute Gasteiger partial charge is 0.372 e. The van der Waals surface area contributed by atoms with E-state index in [0.29, 0.717) is 17.2 Å². The summed E-state index contributed by atoms with van der Waals surface area (Å²) >= 11 is 6.28. The summed E-state index contributed by atoms with van der Waals surface area (Å²) in [7, 11) is -3.63. The van der Waals surface area contributed by atoms with Crippen molar-refractivity contribution in [3.63, 3.8) is 0 Å². The van der Waals surface area contributed by atoms with Crippen LogP contribution in [0.15, 0.2) is 70.6 Å². The molecule has 4 rings (SSSR count). The second-order valence-corrected chi connectivity index (χ2v) is 12.1. The number of alkyl halides is 6. The van der Waals surface area contributed by atoms with Crippen molar-refractivity contribution >= 4 is 45.3 Å². The zero-order valence-electron chi connectivity index (χ0n) is 21.1. The molecule has 0 aromatic heterocycles. The Hall–Kier alpha value is -2.58. The van der Waals surface area contributed by atoms with Gasteiger partial charge in [0.25, 0.3) is 5.60 Å². The third-order valence-electron chi connectivity index (χ3n) is 7.02. The molecule has 1 aliphatic carbocycles. The van der Waals surface area contributed by atoms with E-state index >= 15 is 0 Å². The number of allylic oxidation sites excluding steroid dienone is 2. The topological polar surface area (TPSA) is 95.5 Å². The first-order valence-corrected chi connectivity index (χ1v) is 14.1. The molecular formula is C26H24Cl2F6N2O4S. The maximum Gasteiger partial charge on any atom is 0.429 e. The average molecular weight is 645 g/mol. The maximum absolute atomic E-state index is 14.2. The number of hydrogen-bond acceptors (Lipinski definition) is 5. The summed E-state index contributed by atoms with van der Waals surface area (Å²) in [6.45, 7) is 0.0722. The van der Waals surface area contributed by atoms with E-state index in [1.807, 2.05) is 5.32 Å². The maximum atomic E-state index is 14.2. The fraction of sp³-hybridized carbons (Fsp3) is 0.346. The van der Waals surface area contributed by atoms with Crippen LogP contribution in [0.2, 0.25) is 0 Å². The summed E-state index contributed by atoms with van der Waals surface area (Å²) in [6.07, 6.45) is -11.2. The molecule has 0 saturated heterocycles. The number of benzene rings is 2. The third kappa shape index (κ3) is 5.87. The predicted molar refractivity (Wildman–Crippen MR) is 142 cm³/mol. The molecule has 224 valence electrons. The molecule has 15 heteroatoms. The number of fused-ring (bicyclic) bond motifs is 1. The summed E-state index contributed by atoms with van der Waals surface area (Å²) in [6, 6.07) is 10.2. The molecule has 0 saturated carbocycles. The minimum atomic E-state index is -6.29. The lowest BCUT2D eigenvalue weighted by Crippen LogP contribution is -2.76. The fourth-order valence-corrected chi connectivity index (χ4v) is 6.03. The van der Waals surface area contributed by atoms with Gasteiger partial charge in [-0.2, -0.15) is 26.3 Å². The monoisotopic (exact) mass is 644 g/mol. The van der Waals surface area contributed by atoms with Gasteiger partial charge in [0.15, 0.2) is 9.84 Å². The van der Waals surface area contributed by atoms with Gasteiger partial charge in [0.2, 0.25) is 5.91 Å². The van der Waals surface area contributed by atoms with Crippen LogP contribution in [0.3, 0.4) is 0 Å². The molecule has 1 amide bonds. The lowest BCUT2D eigenvalue weighted by atomic mass is 9.72. The number of nitrogens with one attached hydrogen (secondary N) is 2. The summed E-state index contributed by atoms with van der Waals surface area (Å²) in [5, 5.41) is 14.6. The van der Waals surface area contributed by atoms with E-state index in [1.165, 1.54) is 18.2 Å². The third-order valence-corrected chi connectivity index (χ3v) is 8.46. The SMILES string of the molecule is CS(=O)(=O)c1ccc2c(c1)CCNC2C(=O)NC1(C(O)(C(F)(F)F)C(F)(F)F)C=CC(c2ccccc2)=C(Cl)C1.Cl. The van der Waals surface area contributed by atoms with Crippen LogP contribution in [-0.4, -0.2) is 55.7 Å². The molecule has 1 aliphatic heterocycles. The van der Waals surface area contributed by atoms with Crippen LogP contribution in [0.25, 0.3) is 5.57 Å². The van der Waals surface area contributed by atoms with Crippen molar-refractivity contribution < 1.29 is 44.7 Å². The quantitative estimate of drug-likeness (QED) is 0.398. The van der Waals surface area contributed by atoms with E-state index in [1.54, 1.807) is 30.3 Å². The second-order valence-electron chi connectivity index (χ2n) is 9.63. The normalized spacial score (nSPS) is 21.6. The lowest BCUT2D eigenvalue weighted by molar-refractivity contribution is -0.385. The molecule has 6 nitrogen and oxygen atoms in total. The van der Waals surface area contributed by atoms with Crippen LogP contribution >= 0.6 is 24.0 Å². The van der Waals surface area contributed by atoms with E-state index in [9.17, 15) is 44.7 Å². The zero-order chi connectivity index (χ0) is 29.7. The van der Waals surface area contributed by atoms with Crippen molar-refractivity contribution in [2.24, 2.45) is 0 Å². The number of halogens is 8. The second kappa shape index (κ2) is 11.3. The number of sulfone groups is 1. The van der Waals surface area contributed by atoms with Crippen molar-refractivity contribution in [1.29, 1.82) is 0 Å². The molecular weight excluding hydrogens is 621 g/mol. The molecule has 41 heavy (non-hydrogen) atoms. The summed E-state index contributed by atoms with van der Waals surface area (Å²) in [4.78, 5) is 13.4. The van der Waals surface area contributed by atoms with Gasteiger partial charge in [-0.3, -0.25) is 4.79 Å². The Morgan fingerprint density at radius 1 is 1.07 bits per heavy atom. The van der Waals surface area contributed by atoms with Gasteiger partial charge < -0.3 is 15.7 Å². The van der Waals surface area contributed by atoms with Crippen molar-refractivity contribution in [3.05, 3.63) is 82.4 Å². The number of carbonyl (C=O) groups is 1. The molecule has 2 aromatic carbocycles. The van der Waals surface area contributed by atoms with Gasteiger partial charge in [-0.05, 0) is 40.8 Å². The number of rotatable bonds is 5. The van der Waals surface area contributed by atoms with Gasteiger partial charge >= 0.3 is 12.4 Å². The Balaban J connectivity index is 0.00000462. The number of hydrogen-bond donors (Lipinski definition) is 3. The minimum absolute atomic E-state index is 0. The number of amides is 1. The summed E-state index contributed by atoms with van der Waals surface area (Å²) in [5.41, 5.74) is -7.85. The summed E-state index contributed by atoms with van der Waals surface area (Å²) in [5.74, 6) is -1.31. The van der Waals surface area contributed by atoms with Crippen molar-refractivity contribution in [2.75, 3.05) is 12.8 Å². The van der Waals surface area contributed by atoms with Gasteiger partial charge in [0.1, 0.15) is 11.6 Å². The largest absolute Gasteiger partial charge is 0.429 e. The molecule has 2 unspecified atom stereocenters. The number of carbonyl (C=O) groups excluding carboxylic acids is 1. The average Bonchev–Trinajstić information content (AvgIpc) is 2.86. The van der Waals surface area contributed by atoms with E-state index in [4.69, 9.17) is 11.6 Å². The van der Waals surface area contributed by atoms with Gasteiger partial charge in [0.05, 0.1) is 4.90 Å². The molecule has 0 spiro atoms. The van der Waals surface area contributed by atoms with Gasteiger partial charge in [-0.25, -0.2) is 8.42 Å². The van der Waals surface area contributed by atoms with Crippen LogP contribution < -0.4 is 10.6 Å². The van der Waals surface area contributed by atoms with Gasteiger partial charge in [-0.1, -0.05) is 60.2 Å². The zero-order valence-corrected chi connectivity index (χ0v) is 23.5. The van der Waals surface area contributed by atoms with Crippen molar-refractivity contribution in [1.82, 2.24) is 10.6 Å². The molecule has 1 heterocycles. The first kappa shape index (κ1) is 32.9. The molecule has 0 bridgehead atoms. The Morgan fingerprint density at radius 3 is 2.22 bits per heavy atom. The molecule has 2 atom stereocenters. The highest BCUT2D eigenvalue weighted by atomic mass is 35.5. The van der Waals surface area contributed by atoms with Crippen LogP contribution in [-0.2, 0) is 21.1 Å². The summed E-state index contributed by atoms with van der Waals surface area (Å²) < 4.78 is 109. The molecule has 3 N–H and O–H groups in total. The Morgan fingerprint density at radius 2 is 1.68 bits per heavy atom. The number of aliphatic hydroxyl groups is 1. The molecule has 2 aromatic rings. The van der Waals surface area contributed by atoms with E-state index < -0.39 is 56.7 Å². The van der Waals surface area contributed by atoms with Gasteiger partial charge in [-0.15, -0.1) is 12.4 Å². The van der Waals surface area contributed by atoms with Crippen molar-refractivity contribution in [2.45, 2.75) is 47.3 Å². The van der Waals surface area contributed by atoms with E-state index in [0.717, 1.165) is 12.3 Å². The Labute approximate surface area is 242 Å². The standard InChI is InChI=1S/C26H23ClF6N2O4S.ClH/c1-40(38,39)17-7-8-19-16(13-17)10-12-34-21(19)22(36)35-23(24(37,25(28,29)30)26(31,32)33)11-9-18(20(27)14-23)15-5-3-2-4-6-15;/h2-9,11,13,21,34,37H,10,12,14H2,1H3,(H,35,36);1H. The van der Waals surface area contributed by atoms with E-state index in [2.05, 4.69) is 5.32 Å². The first-order valence-electron chi connectivity index (χ1n) is 11.8. The highest BCUT2D eigenvalue weighted by Crippen LogP contribution is 2.54. The molecule has 0 radical (unpaired) electrons. The van der Waals surface area contributed by atoms with Crippen LogP contribution in [0.1, 0.15) is 29.2 Å². The highest BCUT2D eigenvalue weighted by Gasteiger charge is 2.79. The van der Waals surface area contributed by atoms with E-state index in [-0.39, 0.29) is 41.4 Å².